The molecule has 3 heteroatoms. The van der Waals surface area contributed by atoms with Gasteiger partial charge in [0.15, 0.2) is 0 Å². The SMILES string of the molecule is COCC1C(OC)CCCC1OC. The molecule has 2 atom stereocenters. The Bertz CT molecular complexity index is 126. The first-order chi connectivity index (χ1) is 6.33. The second-order valence-electron chi connectivity index (χ2n) is 3.60. The van der Waals surface area contributed by atoms with Gasteiger partial charge in [-0.05, 0) is 19.3 Å². The van der Waals surface area contributed by atoms with Crippen LogP contribution in [-0.4, -0.2) is 40.1 Å². The lowest BCUT2D eigenvalue weighted by molar-refractivity contribution is -0.0865. The summed E-state index contributed by atoms with van der Waals surface area (Å²) in [5, 5.41) is 0. The van der Waals surface area contributed by atoms with Crippen molar-refractivity contribution in [2.45, 2.75) is 31.5 Å². The van der Waals surface area contributed by atoms with E-state index in [1.807, 2.05) is 0 Å². The Balaban J connectivity index is 2.53. The van der Waals surface area contributed by atoms with E-state index in [0.29, 0.717) is 18.1 Å². The lowest BCUT2D eigenvalue weighted by atomic mass is 9.84. The average Bonchev–Trinajstić information content (AvgIpc) is 2.18. The van der Waals surface area contributed by atoms with Gasteiger partial charge in [0.2, 0.25) is 0 Å². The number of hydrogen-bond donors (Lipinski definition) is 0. The molecule has 0 aliphatic heterocycles. The first-order valence-corrected chi connectivity index (χ1v) is 4.88. The minimum absolute atomic E-state index is 0.304. The highest BCUT2D eigenvalue weighted by Crippen LogP contribution is 2.28. The molecular formula is C10H20O3. The standard InChI is InChI=1S/C10H20O3/c1-11-7-8-9(12-2)5-4-6-10(8)13-3/h8-10H,4-7H2,1-3H3. The zero-order valence-electron chi connectivity index (χ0n) is 8.79. The Hall–Kier alpha value is -0.120. The van der Waals surface area contributed by atoms with Gasteiger partial charge in [-0.25, -0.2) is 0 Å². The topological polar surface area (TPSA) is 27.7 Å². The monoisotopic (exact) mass is 188 g/mol. The molecule has 1 rings (SSSR count). The van der Waals surface area contributed by atoms with Crippen LogP contribution in [0.4, 0.5) is 0 Å². The first-order valence-electron chi connectivity index (χ1n) is 4.88. The van der Waals surface area contributed by atoms with Gasteiger partial charge < -0.3 is 14.2 Å². The molecular weight excluding hydrogens is 168 g/mol. The van der Waals surface area contributed by atoms with Gasteiger partial charge in [0, 0.05) is 27.2 Å². The minimum atomic E-state index is 0.304. The van der Waals surface area contributed by atoms with Crippen molar-refractivity contribution in [3.63, 3.8) is 0 Å². The fourth-order valence-corrected chi connectivity index (χ4v) is 2.18. The molecule has 0 aromatic rings. The molecule has 78 valence electrons. The molecule has 1 saturated carbocycles. The molecule has 0 aromatic heterocycles. The van der Waals surface area contributed by atoms with E-state index < -0.39 is 0 Å². The smallest absolute Gasteiger partial charge is 0.0646 e. The predicted octanol–water partition coefficient (Wildman–Crippen LogP) is 1.46. The van der Waals surface area contributed by atoms with Crippen LogP contribution in [0.25, 0.3) is 0 Å². The molecule has 0 radical (unpaired) electrons. The highest BCUT2D eigenvalue weighted by atomic mass is 16.5. The van der Waals surface area contributed by atoms with E-state index in [4.69, 9.17) is 14.2 Å². The summed E-state index contributed by atoms with van der Waals surface area (Å²) in [4.78, 5) is 0. The van der Waals surface area contributed by atoms with E-state index in [2.05, 4.69) is 0 Å². The van der Waals surface area contributed by atoms with Crippen LogP contribution in [-0.2, 0) is 14.2 Å². The Morgan fingerprint density at radius 1 is 1.00 bits per heavy atom. The van der Waals surface area contributed by atoms with Crippen LogP contribution >= 0.6 is 0 Å². The van der Waals surface area contributed by atoms with Crippen LogP contribution in [0.15, 0.2) is 0 Å². The quantitative estimate of drug-likeness (QED) is 0.668. The lowest BCUT2D eigenvalue weighted by Crippen LogP contribution is -2.41. The van der Waals surface area contributed by atoms with Crippen molar-refractivity contribution in [3.8, 4) is 0 Å². The number of methoxy groups -OCH3 is 3. The van der Waals surface area contributed by atoms with Crippen molar-refractivity contribution < 1.29 is 14.2 Å². The third-order valence-corrected chi connectivity index (χ3v) is 2.90. The van der Waals surface area contributed by atoms with Gasteiger partial charge in [-0.15, -0.1) is 0 Å². The van der Waals surface area contributed by atoms with E-state index in [0.717, 1.165) is 19.4 Å². The summed E-state index contributed by atoms with van der Waals surface area (Å²) in [5.41, 5.74) is 0. The van der Waals surface area contributed by atoms with Crippen molar-refractivity contribution in [1.82, 2.24) is 0 Å². The lowest BCUT2D eigenvalue weighted by Gasteiger charge is -2.36. The van der Waals surface area contributed by atoms with Crippen molar-refractivity contribution in [2.24, 2.45) is 5.92 Å². The summed E-state index contributed by atoms with van der Waals surface area (Å²) in [5.74, 6) is 0.397. The van der Waals surface area contributed by atoms with E-state index >= 15 is 0 Å². The van der Waals surface area contributed by atoms with E-state index in [9.17, 15) is 0 Å². The summed E-state index contributed by atoms with van der Waals surface area (Å²) in [6.45, 7) is 0.733. The zero-order valence-corrected chi connectivity index (χ0v) is 8.79. The molecule has 0 spiro atoms. The molecule has 0 aromatic carbocycles. The van der Waals surface area contributed by atoms with Crippen molar-refractivity contribution >= 4 is 0 Å². The molecule has 0 N–H and O–H groups in total. The van der Waals surface area contributed by atoms with Crippen LogP contribution in [0.5, 0.6) is 0 Å². The van der Waals surface area contributed by atoms with E-state index in [-0.39, 0.29) is 0 Å². The molecule has 2 unspecified atom stereocenters. The zero-order chi connectivity index (χ0) is 9.68. The van der Waals surface area contributed by atoms with Crippen LogP contribution in [0.1, 0.15) is 19.3 Å². The predicted molar refractivity (Wildman–Crippen MR) is 50.8 cm³/mol. The van der Waals surface area contributed by atoms with Crippen LogP contribution in [0, 0.1) is 5.92 Å². The van der Waals surface area contributed by atoms with Crippen LogP contribution in [0.3, 0.4) is 0 Å². The molecule has 1 aliphatic rings. The Labute approximate surface area is 80.4 Å². The second kappa shape index (κ2) is 5.58. The van der Waals surface area contributed by atoms with Crippen LogP contribution in [0.2, 0.25) is 0 Å². The molecule has 0 amide bonds. The van der Waals surface area contributed by atoms with Gasteiger partial charge in [-0.1, -0.05) is 0 Å². The van der Waals surface area contributed by atoms with Gasteiger partial charge in [0.05, 0.1) is 18.8 Å². The molecule has 0 saturated heterocycles. The third-order valence-electron chi connectivity index (χ3n) is 2.90. The summed E-state index contributed by atoms with van der Waals surface area (Å²) in [7, 11) is 5.27. The van der Waals surface area contributed by atoms with Crippen molar-refractivity contribution in [1.29, 1.82) is 0 Å². The third kappa shape index (κ3) is 2.66. The summed E-state index contributed by atoms with van der Waals surface area (Å²) >= 11 is 0. The maximum Gasteiger partial charge on any atom is 0.0646 e. The normalized spacial score (nSPS) is 34.8. The highest BCUT2D eigenvalue weighted by Gasteiger charge is 2.33. The molecule has 1 fully saturated rings. The maximum atomic E-state index is 5.43. The molecule has 0 heterocycles. The summed E-state index contributed by atoms with van der Waals surface area (Å²) in [6.07, 6.45) is 4.06. The van der Waals surface area contributed by atoms with Gasteiger partial charge in [-0.2, -0.15) is 0 Å². The van der Waals surface area contributed by atoms with E-state index in [1.165, 1.54) is 6.42 Å². The fraction of sp³-hybridized carbons (Fsp3) is 1.00. The van der Waals surface area contributed by atoms with Gasteiger partial charge in [-0.3, -0.25) is 0 Å². The molecule has 0 bridgehead atoms. The largest absolute Gasteiger partial charge is 0.384 e. The van der Waals surface area contributed by atoms with Gasteiger partial charge in [0.25, 0.3) is 0 Å². The summed E-state index contributed by atoms with van der Waals surface area (Å²) < 4.78 is 16.0. The van der Waals surface area contributed by atoms with Gasteiger partial charge >= 0.3 is 0 Å². The molecule has 3 nitrogen and oxygen atoms in total. The Morgan fingerprint density at radius 3 is 1.92 bits per heavy atom. The Kier molecular flexibility index (Phi) is 4.70. The van der Waals surface area contributed by atoms with E-state index in [1.54, 1.807) is 21.3 Å². The molecule has 1 aliphatic carbocycles. The minimum Gasteiger partial charge on any atom is -0.384 e. The number of hydrogen-bond acceptors (Lipinski definition) is 3. The fourth-order valence-electron chi connectivity index (χ4n) is 2.18. The van der Waals surface area contributed by atoms with Crippen molar-refractivity contribution in [2.75, 3.05) is 27.9 Å². The Morgan fingerprint density at radius 2 is 1.54 bits per heavy atom. The second-order valence-corrected chi connectivity index (χ2v) is 3.60. The number of ether oxygens (including phenoxy) is 3. The number of rotatable bonds is 4. The average molecular weight is 188 g/mol. The van der Waals surface area contributed by atoms with Crippen molar-refractivity contribution in [3.05, 3.63) is 0 Å². The molecule has 13 heavy (non-hydrogen) atoms. The van der Waals surface area contributed by atoms with Gasteiger partial charge in [0.1, 0.15) is 0 Å². The highest BCUT2D eigenvalue weighted by molar-refractivity contribution is 4.83. The first kappa shape index (κ1) is 11.0. The van der Waals surface area contributed by atoms with Crippen LogP contribution < -0.4 is 0 Å². The summed E-state index contributed by atoms with van der Waals surface area (Å²) in [6, 6.07) is 0. The maximum absolute atomic E-state index is 5.43.